The Hall–Kier alpha value is -0.120. The lowest BCUT2D eigenvalue weighted by Crippen LogP contribution is -2.49. The van der Waals surface area contributed by atoms with Crippen LogP contribution in [-0.4, -0.2) is 51.3 Å². The van der Waals surface area contributed by atoms with E-state index in [0.717, 1.165) is 32.2 Å². The second-order valence-corrected chi connectivity index (χ2v) is 5.91. The van der Waals surface area contributed by atoms with E-state index >= 15 is 0 Å². The first-order valence-electron chi connectivity index (χ1n) is 7.06. The molecule has 17 heavy (non-hydrogen) atoms. The van der Waals surface area contributed by atoms with Crippen LogP contribution in [0.1, 0.15) is 33.6 Å². The van der Waals surface area contributed by atoms with Crippen LogP contribution in [0.3, 0.4) is 0 Å². The van der Waals surface area contributed by atoms with Gasteiger partial charge >= 0.3 is 0 Å². The van der Waals surface area contributed by atoms with Crippen molar-refractivity contribution in [2.75, 3.05) is 46.4 Å². The number of ether oxygens (including phenoxy) is 1. The van der Waals surface area contributed by atoms with Gasteiger partial charge in [0, 0.05) is 31.7 Å². The first-order chi connectivity index (χ1) is 8.12. The topological polar surface area (TPSA) is 24.5 Å². The van der Waals surface area contributed by atoms with Gasteiger partial charge in [-0.05, 0) is 32.4 Å². The van der Waals surface area contributed by atoms with E-state index in [0.29, 0.717) is 5.41 Å². The molecule has 0 aromatic carbocycles. The predicted molar refractivity (Wildman–Crippen MR) is 73.4 cm³/mol. The minimum atomic E-state index is 0.331. The van der Waals surface area contributed by atoms with E-state index < -0.39 is 0 Å². The number of rotatable bonds is 7. The molecule has 0 aromatic rings. The van der Waals surface area contributed by atoms with Crippen molar-refractivity contribution < 1.29 is 4.74 Å². The Kier molecular flexibility index (Phi) is 6.45. The molecule has 0 radical (unpaired) electrons. The molecule has 3 heteroatoms. The largest absolute Gasteiger partial charge is 0.381 e. The van der Waals surface area contributed by atoms with Crippen LogP contribution in [0.25, 0.3) is 0 Å². The van der Waals surface area contributed by atoms with E-state index in [1.807, 2.05) is 0 Å². The van der Waals surface area contributed by atoms with Crippen molar-refractivity contribution in [1.29, 1.82) is 0 Å². The summed E-state index contributed by atoms with van der Waals surface area (Å²) < 4.78 is 5.72. The summed E-state index contributed by atoms with van der Waals surface area (Å²) in [5.41, 5.74) is 0.331. The van der Waals surface area contributed by atoms with Crippen molar-refractivity contribution >= 4 is 0 Å². The molecule has 0 aromatic heterocycles. The maximum atomic E-state index is 5.72. The van der Waals surface area contributed by atoms with Crippen molar-refractivity contribution in [3.05, 3.63) is 0 Å². The summed E-state index contributed by atoms with van der Waals surface area (Å²) in [5.74, 6) is 0.742. The SMILES string of the molecule is CCN(CC(C)C)CC1(CNC)CCCOC1. The first-order valence-corrected chi connectivity index (χ1v) is 7.06. The highest BCUT2D eigenvalue weighted by molar-refractivity contribution is 4.87. The molecule has 1 rings (SSSR count). The Labute approximate surface area is 107 Å². The predicted octanol–water partition coefficient (Wildman–Crippen LogP) is 1.98. The van der Waals surface area contributed by atoms with Gasteiger partial charge in [0.1, 0.15) is 0 Å². The zero-order valence-corrected chi connectivity index (χ0v) is 12.1. The third-order valence-electron chi connectivity index (χ3n) is 3.59. The molecule has 102 valence electrons. The molecule has 0 spiro atoms. The molecule has 0 amide bonds. The van der Waals surface area contributed by atoms with Gasteiger partial charge < -0.3 is 15.0 Å². The van der Waals surface area contributed by atoms with Crippen LogP contribution < -0.4 is 5.32 Å². The van der Waals surface area contributed by atoms with Crippen molar-refractivity contribution in [3.63, 3.8) is 0 Å². The minimum Gasteiger partial charge on any atom is -0.381 e. The molecule has 1 N–H and O–H groups in total. The zero-order chi connectivity index (χ0) is 12.7. The molecular formula is C14H30N2O. The Morgan fingerprint density at radius 2 is 2.18 bits per heavy atom. The van der Waals surface area contributed by atoms with E-state index in [9.17, 15) is 0 Å². The second-order valence-electron chi connectivity index (χ2n) is 5.91. The molecule has 0 bridgehead atoms. The molecule has 1 heterocycles. The van der Waals surface area contributed by atoms with Gasteiger partial charge in [-0.25, -0.2) is 0 Å². The summed E-state index contributed by atoms with van der Waals surface area (Å²) in [7, 11) is 2.05. The summed E-state index contributed by atoms with van der Waals surface area (Å²) in [4.78, 5) is 2.58. The maximum absolute atomic E-state index is 5.72. The fraction of sp³-hybridized carbons (Fsp3) is 1.00. The lowest BCUT2D eigenvalue weighted by molar-refractivity contribution is -0.0260. The molecule has 0 saturated carbocycles. The summed E-state index contributed by atoms with van der Waals surface area (Å²) in [6.07, 6.45) is 2.50. The molecule has 1 saturated heterocycles. The van der Waals surface area contributed by atoms with E-state index in [1.54, 1.807) is 0 Å². The molecule has 0 aliphatic carbocycles. The highest BCUT2D eigenvalue weighted by Crippen LogP contribution is 2.29. The summed E-state index contributed by atoms with van der Waals surface area (Å²) in [6.45, 7) is 13.3. The average molecular weight is 242 g/mol. The minimum absolute atomic E-state index is 0.331. The van der Waals surface area contributed by atoms with Crippen molar-refractivity contribution in [1.82, 2.24) is 10.2 Å². The van der Waals surface area contributed by atoms with Gasteiger partial charge in [-0.3, -0.25) is 0 Å². The van der Waals surface area contributed by atoms with Gasteiger partial charge in [-0.2, -0.15) is 0 Å². The van der Waals surface area contributed by atoms with Gasteiger partial charge in [0.05, 0.1) is 6.61 Å². The Balaban J connectivity index is 2.56. The third kappa shape index (κ3) is 4.94. The van der Waals surface area contributed by atoms with E-state index in [1.165, 1.54) is 25.9 Å². The zero-order valence-electron chi connectivity index (χ0n) is 12.1. The van der Waals surface area contributed by atoms with E-state index in [2.05, 4.69) is 38.0 Å². The fourth-order valence-corrected chi connectivity index (χ4v) is 2.90. The average Bonchev–Trinajstić information content (AvgIpc) is 2.29. The number of nitrogens with zero attached hydrogens (tertiary/aromatic N) is 1. The lowest BCUT2D eigenvalue weighted by atomic mass is 9.81. The highest BCUT2D eigenvalue weighted by atomic mass is 16.5. The Bertz CT molecular complexity index is 195. The molecule has 1 atom stereocenters. The number of nitrogens with one attached hydrogen (secondary N) is 1. The molecular weight excluding hydrogens is 212 g/mol. The van der Waals surface area contributed by atoms with Crippen LogP contribution >= 0.6 is 0 Å². The molecule has 1 unspecified atom stereocenters. The Morgan fingerprint density at radius 3 is 2.65 bits per heavy atom. The van der Waals surface area contributed by atoms with Crippen LogP contribution in [0, 0.1) is 11.3 Å². The summed E-state index contributed by atoms with van der Waals surface area (Å²) >= 11 is 0. The van der Waals surface area contributed by atoms with Gasteiger partial charge in [0.15, 0.2) is 0 Å². The van der Waals surface area contributed by atoms with Crippen molar-refractivity contribution in [2.45, 2.75) is 33.6 Å². The molecule has 3 nitrogen and oxygen atoms in total. The van der Waals surface area contributed by atoms with E-state index in [4.69, 9.17) is 4.74 Å². The normalized spacial score (nSPS) is 25.8. The fourth-order valence-electron chi connectivity index (χ4n) is 2.90. The van der Waals surface area contributed by atoms with Crippen LogP contribution in [0.5, 0.6) is 0 Å². The Morgan fingerprint density at radius 1 is 1.41 bits per heavy atom. The maximum Gasteiger partial charge on any atom is 0.0546 e. The summed E-state index contributed by atoms with van der Waals surface area (Å²) in [5, 5.41) is 3.35. The standard InChI is InChI=1S/C14H30N2O/c1-5-16(9-13(2)3)11-14(10-15-4)7-6-8-17-12-14/h13,15H,5-12H2,1-4H3. The molecule has 1 fully saturated rings. The third-order valence-corrected chi connectivity index (χ3v) is 3.59. The highest BCUT2D eigenvalue weighted by Gasteiger charge is 2.33. The molecule has 1 aliphatic rings. The van der Waals surface area contributed by atoms with Crippen LogP contribution in [0.4, 0.5) is 0 Å². The smallest absolute Gasteiger partial charge is 0.0546 e. The molecule has 1 aliphatic heterocycles. The van der Waals surface area contributed by atoms with Crippen LogP contribution in [0.2, 0.25) is 0 Å². The summed E-state index contributed by atoms with van der Waals surface area (Å²) in [6, 6.07) is 0. The van der Waals surface area contributed by atoms with Crippen LogP contribution in [0.15, 0.2) is 0 Å². The van der Waals surface area contributed by atoms with Gasteiger partial charge in [0.2, 0.25) is 0 Å². The van der Waals surface area contributed by atoms with Crippen molar-refractivity contribution in [3.8, 4) is 0 Å². The van der Waals surface area contributed by atoms with Gasteiger partial charge in [-0.1, -0.05) is 20.8 Å². The first kappa shape index (κ1) is 14.9. The quantitative estimate of drug-likeness (QED) is 0.739. The second kappa shape index (κ2) is 7.34. The van der Waals surface area contributed by atoms with Crippen molar-refractivity contribution in [2.24, 2.45) is 11.3 Å². The number of hydrogen-bond donors (Lipinski definition) is 1. The van der Waals surface area contributed by atoms with Crippen LogP contribution in [-0.2, 0) is 4.74 Å². The number of hydrogen-bond acceptors (Lipinski definition) is 3. The lowest BCUT2D eigenvalue weighted by Gasteiger charge is -2.41. The van der Waals surface area contributed by atoms with E-state index in [-0.39, 0.29) is 0 Å². The monoisotopic (exact) mass is 242 g/mol. The van der Waals surface area contributed by atoms with Gasteiger partial charge in [0.25, 0.3) is 0 Å². The van der Waals surface area contributed by atoms with Gasteiger partial charge in [-0.15, -0.1) is 0 Å².